The van der Waals surface area contributed by atoms with E-state index in [0.29, 0.717) is 10.6 Å². The van der Waals surface area contributed by atoms with Crippen molar-refractivity contribution in [1.29, 1.82) is 0 Å². The van der Waals surface area contributed by atoms with Crippen molar-refractivity contribution >= 4 is 21.6 Å². The fourth-order valence-corrected chi connectivity index (χ4v) is 4.09. The van der Waals surface area contributed by atoms with Crippen LogP contribution in [0.2, 0.25) is 5.02 Å². The van der Waals surface area contributed by atoms with Gasteiger partial charge in [-0.3, -0.25) is 0 Å². The molecule has 0 saturated carbocycles. The van der Waals surface area contributed by atoms with E-state index in [9.17, 15) is 8.42 Å². The van der Waals surface area contributed by atoms with E-state index in [1.54, 1.807) is 24.3 Å². The Morgan fingerprint density at radius 2 is 1.71 bits per heavy atom. The van der Waals surface area contributed by atoms with Crippen LogP contribution in [0.4, 0.5) is 0 Å². The van der Waals surface area contributed by atoms with Gasteiger partial charge >= 0.3 is 0 Å². The SMILES string of the molecule is CC(NS(=O)(=O)Cc1cccc(Cl)c1)c1ccc(C(C)(C)C)cc1. The Balaban J connectivity index is 2.09. The Hall–Kier alpha value is -1.36. The third-order valence-electron chi connectivity index (χ3n) is 3.88. The van der Waals surface area contributed by atoms with E-state index < -0.39 is 10.0 Å². The highest BCUT2D eigenvalue weighted by Crippen LogP contribution is 2.24. The van der Waals surface area contributed by atoms with Gasteiger partial charge in [-0.05, 0) is 41.2 Å². The van der Waals surface area contributed by atoms with Crippen LogP contribution in [0.5, 0.6) is 0 Å². The van der Waals surface area contributed by atoms with Crippen LogP contribution in [0.1, 0.15) is 50.4 Å². The molecule has 5 heteroatoms. The Bertz CT molecular complexity index is 793. The van der Waals surface area contributed by atoms with Crippen LogP contribution >= 0.6 is 11.6 Å². The molecule has 1 atom stereocenters. The van der Waals surface area contributed by atoms with E-state index in [2.05, 4.69) is 37.6 Å². The second-order valence-corrected chi connectivity index (χ2v) is 9.29. The largest absolute Gasteiger partial charge is 0.216 e. The summed E-state index contributed by atoms with van der Waals surface area (Å²) in [5.74, 6) is -0.0853. The smallest absolute Gasteiger partial charge is 0.212 e. The minimum absolute atomic E-state index is 0.0772. The van der Waals surface area contributed by atoms with Crippen molar-refractivity contribution in [2.24, 2.45) is 0 Å². The molecule has 0 radical (unpaired) electrons. The van der Waals surface area contributed by atoms with Crippen LogP contribution in [0.15, 0.2) is 48.5 Å². The zero-order chi connectivity index (χ0) is 18.0. The maximum Gasteiger partial charge on any atom is 0.216 e. The maximum atomic E-state index is 12.4. The molecule has 0 saturated heterocycles. The summed E-state index contributed by atoms with van der Waals surface area (Å²) < 4.78 is 27.5. The van der Waals surface area contributed by atoms with Crippen LogP contribution < -0.4 is 4.72 Å². The van der Waals surface area contributed by atoms with Crippen LogP contribution in [-0.2, 0) is 21.2 Å². The van der Waals surface area contributed by atoms with Gasteiger partial charge < -0.3 is 0 Å². The zero-order valence-corrected chi connectivity index (χ0v) is 16.1. The first-order chi connectivity index (χ1) is 11.1. The molecule has 1 unspecified atom stereocenters. The van der Waals surface area contributed by atoms with Gasteiger partial charge in [0.05, 0.1) is 5.75 Å². The van der Waals surface area contributed by atoms with Gasteiger partial charge in [0.25, 0.3) is 0 Å². The minimum atomic E-state index is -3.45. The second-order valence-electron chi connectivity index (χ2n) is 7.10. The summed E-state index contributed by atoms with van der Waals surface area (Å²) in [7, 11) is -3.45. The third kappa shape index (κ3) is 5.33. The molecular formula is C19H24ClNO2S. The van der Waals surface area contributed by atoms with Gasteiger partial charge in [0.2, 0.25) is 10.0 Å². The van der Waals surface area contributed by atoms with Gasteiger partial charge in [0.15, 0.2) is 0 Å². The molecule has 1 N–H and O–H groups in total. The normalized spacial score (nSPS) is 13.7. The number of sulfonamides is 1. The lowest BCUT2D eigenvalue weighted by molar-refractivity contribution is 0.565. The fourth-order valence-electron chi connectivity index (χ4n) is 2.50. The summed E-state index contributed by atoms with van der Waals surface area (Å²) in [5, 5.41) is 0.536. The molecule has 2 rings (SSSR count). The molecule has 24 heavy (non-hydrogen) atoms. The van der Waals surface area contributed by atoms with E-state index in [1.165, 1.54) is 5.56 Å². The number of benzene rings is 2. The second kappa shape index (κ2) is 7.26. The topological polar surface area (TPSA) is 46.2 Å². The monoisotopic (exact) mass is 365 g/mol. The van der Waals surface area contributed by atoms with E-state index in [0.717, 1.165) is 5.56 Å². The van der Waals surface area contributed by atoms with Crippen molar-refractivity contribution in [2.45, 2.75) is 44.9 Å². The molecule has 130 valence electrons. The molecule has 0 aromatic heterocycles. The van der Waals surface area contributed by atoms with Crippen molar-refractivity contribution in [2.75, 3.05) is 0 Å². The third-order valence-corrected chi connectivity index (χ3v) is 5.54. The Morgan fingerprint density at radius 1 is 1.08 bits per heavy atom. The van der Waals surface area contributed by atoms with E-state index >= 15 is 0 Å². The van der Waals surface area contributed by atoms with Gasteiger partial charge in [0.1, 0.15) is 0 Å². The average molecular weight is 366 g/mol. The molecule has 0 spiro atoms. The Labute approximate surface area is 150 Å². The van der Waals surface area contributed by atoms with Crippen LogP contribution in [0.25, 0.3) is 0 Å². The molecule has 0 aliphatic heterocycles. The van der Waals surface area contributed by atoms with Gasteiger partial charge in [-0.25, -0.2) is 13.1 Å². The highest BCUT2D eigenvalue weighted by atomic mass is 35.5. The van der Waals surface area contributed by atoms with E-state index in [1.807, 2.05) is 19.1 Å². The van der Waals surface area contributed by atoms with Gasteiger partial charge in [-0.1, -0.05) is 68.8 Å². The van der Waals surface area contributed by atoms with Crippen molar-refractivity contribution in [3.05, 3.63) is 70.2 Å². The quantitative estimate of drug-likeness (QED) is 0.825. The van der Waals surface area contributed by atoms with Crippen LogP contribution in [-0.4, -0.2) is 8.42 Å². The van der Waals surface area contributed by atoms with Crippen LogP contribution in [0, 0.1) is 0 Å². The first-order valence-electron chi connectivity index (χ1n) is 7.92. The van der Waals surface area contributed by atoms with E-state index in [4.69, 9.17) is 11.6 Å². The minimum Gasteiger partial charge on any atom is -0.212 e. The average Bonchev–Trinajstić information content (AvgIpc) is 2.45. The summed E-state index contributed by atoms with van der Waals surface area (Å²) >= 11 is 5.91. The molecule has 0 heterocycles. The number of hydrogen-bond acceptors (Lipinski definition) is 2. The highest BCUT2D eigenvalue weighted by molar-refractivity contribution is 7.88. The molecule has 0 aliphatic rings. The van der Waals surface area contributed by atoms with Crippen LogP contribution in [0.3, 0.4) is 0 Å². The number of nitrogens with one attached hydrogen (secondary N) is 1. The molecule has 0 bridgehead atoms. The van der Waals surface area contributed by atoms with Gasteiger partial charge in [-0.2, -0.15) is 0 Å². The summed E-state index contributed by atoms with van der Waals surface area (Å²) in [6, 6.07) is 14.7. The Kier molecular flexibility index (Phi) is 5.74. The Morgan fingerprint density at radius 3 is 2.25 bits per heavy atom. The van der Waals surface area contributed by atoms with Crippen molar-refractivity contribution in [3.8, 4) is 0 Å². The molecule has 0 fully saturated rings. The fraction of sp³-hybridized carbons (Fsp3) is 0.368. The van der Waals surface area contributed by atoms with Gasteiger partial charge in [0, 0.05) is 11.1 Å². The lowest BCUT2D eigenvalue weighted by atomic mass is 9.86. The molecule has 0 aliphatic carbocycles. The standard InChI is InChI=1S/C19H24ClNO2S/c1-14(16-8-10-17(11-9-16)19(2,3)4)21-24(22,23)13-15-6-5-7-18(20)12-15/h5-12,14,21H,13H2,1-4H3. The zero-order valence-electron chi connectivity index (χ0n) is 14.5. The van der Waals surface area contributed by atoms with Crippen molar-refractivity contribution in [1.82, 2.24) is 4.72 Å². The predicted octanol–water partition coefficient (Wildman–Crippen LogP) is 4.82. The number of rotatable bonds is 5. The van der Waals surface area contributed by atoms with Crippen molar-refractivity contribution in [3.63, 3.8) is 0 Å². The number of hydrogen-bond donors (Lipinski definition) is 1. The molecule has 2 aromatic rings. The lowest BCUT2D eigenvalue weighted by Gasteiger charge is -2.20. The molecule has 2 aromatic carbocycles. The highest BCUT2D eigenvalue weighted by Gasteiger charge is 2.18. The first-order valence-corrected chi connectivity index (χ1v) is 9.95. The molecule has 0 amide bonds. The first kappa shape index (κ1) is 19.0. The van der Waals surface area contributed by atoms with Gasteiger partial charge in [-0.15, -0.1) is 0 Å². The lowest BCUT2D eigenvalue weighted by Crippen LogP contribution is -2.28. The molecule has 3 nitrogen and oxygen atoms in total. The summed E-state index contributed by atoms with van der Waals surface area (Å²) in [4.78, 5) is 0. The molecular weight excluding hydrogens is 342 g/mol. The number of halogens is 1. The van der Waals surface area contributed by atoms with E-state index in [-0.39, 0.29) is 17.2 Å². The maximum absolute atomic E-state index is 12.4. The summed E-state index contributed by atoms with van der Waals surface area (Å²) in [6.07, 6.45) is 0. The summed E-state index contributed by atoms with van der Waals surface area (Å²) in [6.45, 7) is 8.30. The van der Waals surface area contributed by atoms with Crippen molar-refractivity contribution < 1.29 is 8.42 Å². The predicted molar refractivity (Wildman–Crippen MR) is 101 cm³/mol. The summed E-state index contributed by atoms with van der Waals surface area (Å²) in [5.41, 5.74) is 2.91.